The zero-order valence-corrected chi connectivity index (χ0v) is 20.4. The Morgan fingerprint density at radius 2 is 1.60 bits per heavy atom. The van der Waals surface area contributed by atoms with Crippen LogP contribution in [0.3, 0.4) is 0 Å². The van der Waals surface area contributed by atoms with Crippen molar-refractivity contribution in [2.75, 3.05) is 6.61 Å². The first-order valence-electron chi connectivity index (χ1n) is 12.5. The summed E-state index contributed by atoms with van der Waals surface area (Å²) in [6.07, 6.45) is 3.51. The third-order valence-corrected chi connectivity index (χ3v) is 7.60. The lowest BCUT2D eigenvalue weighted by atomic mass is 9.82. The molecule has 3 N–H and O–H groups in total. The molecule has 1 saturated carbocycles. The molecule has 2 aliphatic carbocycles. The van der Waals surface area contributed by atoms with Gasteiger partial charge in [0.2, 0.25) is 5.91 Å². The highest BCUT2D eigenvalue weighted by atomic mass is 16.5. The average molecular weight is 479 g/mol. The van der Waals surface area contributed by atoms with Crippen molar-refractivity contribution in [2.45, 2.75) is 69.9 Å². The van der Waals surface area contributed by atoms with E-state index in [9.17, 15) is 19.5 Å². The Hall–Kier alpha value is -3.35. The second-order valence-electron chi connectivity index (χ2n) is 9.86. The van der Waals surface area contributed by atoms with E-state index in [-0.39, 0.29) is 36.8 Å². The summed E-state index contributed by atoms with van der Waals surface area (Å²) in [4.78, 5) is 36.9. The number of nitrogens with one attached hydrogen (secondary N) is 2. The van der Waals surface area contributed by atoms with Gasteiger partial charge in [-0.25, -0.2) is 9.59 Å². The largest absolute Gasteiger partial charge is 0.480 e. The Bertz CT molecular complexity index is 1050. The quantitative estimate of drug-likeness (QED) is 0.503. The number of alkyl carbamates (subject to hydrolysis) is 1. The third-order valence-electron chi connectivity index (χ3n) is 7.60. The molecule has 2 aromatic rings. The summed E-state index contributed by atoms with van der Waals surface area (Å²) >= 11 is 0. The smallest absolute Gasteiger partial charge is 0.407 e. The average Bonchev–Trinajstić information content (AvgIpc) is 3.17. The number of hydrogen-bond donors (Lipinski definition) is 3. The number of ether oxygens (including phenoxy) is 1. The SMILES string of the molecule is CCC(C)(NC(=O)C[C@H]1CCCC[C@H]1NC(=O)OCC1c2ccccc2-c2ccccc21)C(=O)O. The van der Waals surface area contributed by atoms with Crippen LogP contribution in [-0.2, 0) is 14.3 Å². The zero-order chi connectivity index (χ0) is 25.0. The molecule has 0 radical (unpaired) electrons. The van der Waals surface area contributed by atoms with Crippen LogP contribution in [0.25, 0.3) is 11.1 Å². The fraction of sp³-hybridized carbons (Fsp3) is 0.464. The van der Waals surface area contributed by atoms with Gasteiger partial charge in [-0.1, -0.05) is 68.3 Å². The van der Waals surface area contributed by atoms with E-state index in [1.165, 1.54) is 18.1 Å². The van der Waals surface area contributed by atoms with E-state index < -0.39 is 17.6 Å². The maximum Gasteiger partial charge on any atom is 0.407 e. The van der Waals surface area contributed by atoms with Crippen LogP contribution in [0.2, 0.25) is 0 Å². The van der Waals surface area contributed by atoms with Crippen molar-refractivity contribution in [3.8, 4) is 11.1 Å². The number of amides is 2. The number of rotatable bonds is 8. The topological polar surface area (TPSA) is 105 Å². The maximum absolute atomic E-state index is 12.8. The molecule has 7 nitrogen and oxygen atoms in total. The van der Waals surface area contributed by atoms with Crippen molar-refractivity contribution in [3.63, 3.8) is 0 Å². The lowest BCUT2D eigenvalue weighted by Crippen LogP contribution is -2.53. The number of hydrogen-bond acceptors (Lipinski definition) is 4. The number of carboxylic acids is 1. The summed E-state index contributed by atoms with van der Waals surface area (Å²) in [6.45, 7) is 3.49. The summed E-state index contributed by atoms with van der Waals surface area (Å²) in [5.74, 6) is -1.42. The van der Waals surface area contributed by atoms with Crippen molar-refractivity contribution in [3.05, 3.63) is 59.7 Å². The fourth-order valence-corrected chi connectivity index (χ4v) is 5.32. The van der Waals surface area contributed by atoms with Crippen LogP contribution in [0.1, 0.15) is 69.4 Å². The molecule has 0 saturated heterocycles. The second-order valence-corrected chi connectivity index (χ2v) is 9.86. The molecule has 0 heterocycles. The van der Waals surface area contributed by atoms with Gasteiger partial charge in [0.25, 0.3) is 0 Å². The number of fused-ring (bicyclic) bond motifs is 3. The molecular formula is C28H34N2O5. The molecule has 0 aliphatic heterocycles. The van der Waals surface area contributed by atoms with Crippen molar-refractivity contribution >= 4 is 18.0 Å². The molecule has 4 rings (SSSR count). The molecule has 2 aliphatic rings. The zero-order valence-electron chi connectivity index (χ0n) is 20.4. The first-order valence-corrected chi connectivity index (χ1v) is 12.5. The van der Waals surface area contributed by atoms with Crippen LogP contribution in [0, 0.1) is 5.92 Å². The molecule has 1 fully saturated rings. The van der Waals surface area contributed by atoms with Gasteiger partial charge < -0.3 is 20.5 Å². The van der Waals surface area contributed by atoms with Gasteiger partial charge in [-0.3, -0.25) is 4.79 Å². The molecule has 0 spiro atoms. The van der Waals surface area contributed by atoms with Crippen molar-refractivity contribution < 1.29 is 24.2 Å². The highest BCUT2D eigenvalue weighted by Gasteiger charge is 2.35. The molecule has 7 heteroatoms. The van der Waals surface area contributed by atoms with Gasteiger partial charge in [0.05, 0.1) is 0 Å². The molecule has 0 bridgehead atoms. The molecule has 2 aromatic carbocycles. The predicted molar refractivity (Wildman–Crippen MR) is 133 cm³/mol. The lowest BCUT2D eigenvalue weighted by molar-refractivity contribution is -0.147. The van der Waals surface area contributed by atoms with Crippen molar-refractivity contribution in [1.29, 1.82) is 0 Å². The van der Waals surface area contributed by atoms with Crippen molar-refractivity contribution in [2.24, 2.45) is 5.92 Å². The monoisotopic (exact) mass is 478 g/mol. The summed E-state index contributed by atoms with van der Waals surface area (Å²) in [6, 6.07) is 16.2. The maximum atomic E-state index is 12.8. The molecule has 1 unspecified atom stereocenters. The van der Waals surface area contributed by atoms with Gasteiger partial charge in [0.15, 0.2) is 0 Å². The highest BCUT2D eigenvalue weighted by Crippen LogP contribution is 2.44. The van der Waals surface area contributed by atoms with E-state index in [0.29, 0.717) is 6.42 Å². The molecule has 0 aromatic heterocycles. The summed E-state index contributed by atoms with van der Waals surface area (Å²) in [5, 5.41) is 15.1. The predicted octanol–water partition coefficient (Wildman–Crippen LogP) is 4.84. The van der Waals surface area contributed by atoms with Gasteiger partial charge >= 0.3 is 12.1 Å². The third kappa shape index (κ3) is 5.34. The van der Waals surface area contributed by atoms with E-state index in [2.05, 4.69) is 34.9 Å². The van der Waals surface area contributed by atoms with Crippen molar-refractivity contribution in [1.82, 2.24) is 10.6 Å². The standard InChI is InChI=1S/C28H34N2O5/c1-3-28(2,26(32)33)30-25(31)16-18-10-4-9-15-24(18)29-27(34)35-17-23-21-13-7-5-11-19(21)20-12-6-8-14-22(20)23/h5-8,11-14,18,23-24H,3-4,9-10,15-17H2,1-2H3,(H,29,34)(H,30,31)(H,32,33)/t18-,24-,28?/m1/s1. The van der Waals surface area contributed by atoms with Gasteiger partial charge in [0, 0.05) is 18.4 Å². The van der Waals surface area contributed by atoms with Gasteiger partial charge in [-0.2, -0.15) is 0 Å². The Morgan fingerprint density at radius 1 is 1.00 bits per heavy atom. The number of carbonyl (C=O) groups is 3. The minimum atomic E-state index is -1.29. The van der Waals surface area contributed by atoms with E-state index >= 15 is 0 Å². The minimum absolute atomic E-state index is 0.0104. The van der Waals surface area contributed by atoms with Crippen LogP contribution in [0.4, 0.5) is 4.79 Å². The number of aliphatic carboxylic acids is 1. The number of benzene rings is 2. The van der Waals surface area contributed by atoms with Crippen LogP contribution >= 0.6 is 0 Å². The van der Waals surface area contributed by atoms with Crippen LogP contribution in [0.15, 0.2) is 48.5 Å². The summed E-state index contributed by atoms with van der Waals surface area (Å²) in [7, 11) is 0. The Balaban J connectivity index is 1.36. The Morgan fingerprint density at radius 3 is 2.20 bits per heavy atom. The van der Waals surface area contributed by atoms with Crippen LogP contribution < -0.4 is 10.6 Å². The van der Waals surface area contributed by atoms with E-state index in [1.807, 2.05) is 24.3 Å². The van der Waals surface area contributed by atoms with E-state index in [1.54, 1.807) is 6.92 Å². The summed E-state index contributed by atoms with van der Waals surface area (Å²) in [5.41, 5.74) is 3.38. The molecule has 186 valence electrons. The minimum Gasteiger partial charge on any atom is -0.480 e. The van der Waals surface area contributed by atoms with E-state index in [4.69, 9.17) is 4.74 Å². The molecule has 2 amide bonds. The number of carbonyl (C=O) groups excluding carboxylic acids is 2. The van der Waals surface area contributed by atoms with Gasteiger partial charge in [-0.15, -0.1) is 0 Å². The Labute approximate surface area is 206 Å². The molecule has 35 heavy (non-hydrogen) atoms. The molecular weight excluding hydrogens is 444 g/mol. The second kappa shape index (κ2) is 10.5. The van der Waals surface area contributed by atoms with Crippen LogP contribution in [0.5, 0.6) is 0 Å². The van der Waals surface area contributed by atoms with Gasteiger partial charge in [-0.05, 0) is 54.4 Å². The van der Waals surface area contributed by atoms with E-state index in [0.717, 1.165) is 36.8 Å². The normalized spacial score (nSPS) is 20.7. The Kier molecular flexibility index (Phi) is 7.43. The lowest BCUT2D eigenvalue weighted by Gasteiger charge is -2.33. The first-order chi connectivity index (χ1) is 16.8. The fourth-order valence-electron chi connectivity index (χ4n) is 5.32. The summed E-state index contributed by atoms with van der Waals surface area (Å²) < 4.78 is 5.70. The van der Waals surface area contributed by atoms with Crippen LogP contribution in [-0.4, -0.2) is 41.3 Å². The molecule has 3 atom stereocenters. The first kappa shape index (κ1) is 24.8. The number of carboxylic acid groups (broad SMARTS) is 1. The highest BCUT2D eigenvalue weighted by molar-refractivity contribution is 5.86. The van der Waals surface area contributed by atoms with Gasteiger partial charge in [0.1, 0.15) is 12.1 Å².